The molecular weight excluding hydrogens is 256 g/mol. The summed E-state index contributed by atoms with van der Waals surface area (Å²) in [5.41, 5.74) is 8.42. The number of benzene rings is 2. The van der Waals surface area contributed by atoms with Gasteiger partial charge in [0.1, 0.15) is 0 Å². The monoisotopic (exact) mass is 282 g/mol. The Morgan fingerprint density at radius 1 is 1.05 bits per heavy atom. The molecule has 0 saturated carbocycles. The first kappa shape index (κ1) is 15.7. The van der Waals surface area contributed by atoms with Crippen LogP contribution in [0.15, 0.2) is 48.5 Å². The highest BCUT2D eigenvalue weighted by atomic mass is 15.2. The Balaban J connectivity index is 2.06. The van der Waals surface area contributed by atoms with E-state index in [9.17, 15) is 0 Å². The van der Waals surface area contributed by atoms with Crippen molar-refractivity contribution in [1.29, 1.82) is 0 Å². The molecule has 2 nitrogen and oxygen atoms in total. The SMILES string of the molecule is CCCc1cccc(C(CCc2ccccc2C)NN)c1. The summed E-state index contributed by atoms with van der Waals surface area (Å²) in [4.78, 5) is 0. The molecule has 2 heteroatoms. The largest absolute Gasteiger partial charge is 0.271 e. The Labute approximate surface area is 128 Å². The second-order valence-electron chi connectivity index (χ2n) is 5.68. The first-order chi connectivity index (χ1) is 10.2. The Morgan fingerprint density at radius 3 is 2.57 bits per heavy atom. The van der Waals surface area contributed by atoms with E-state index in [0.29, 0.717) is 0 Å². The fourth-order valence-corrected chi connectivity index (χ4v) is 2.79. The molecule has 0 amide bonds. The summed E-state index contributed by atoms with van der Waals surface area (Å²) in [6.45, 7) is 4.38. The van der Waals surface area contributed by atoms with Crippen molar-refractivity contribution in [3.8, 4) is 0 Å². The highest BCUT2D eigenvalue weighted by Crippen LogP contribution is 2.21. The van der Waals surface area contributed by atoms with Crippen LogP contribution in [0.25, 0.3) is 0 Å². The molecule has 0 heterocycles. The predicted molar refractivity (Wildman–Crippen MR) is 90.0 cm³/mol. The molecule has 0 aliphatic rings. The molecule has 2 aromatic rings. The van der Waals surface area contributed by atoms with E-state index in [1.807, 2.05) is 0 Å². The molecule has 0 saturated heterocycles. The van der Waals surface area contributed by atoms with Crippen molar-refractivity contribution in [2.75, 3.05) is 0 Å². The smallest absolute Gasteiger partial charge is 0.0463 e. The van der Waals surface area contributed by atoms with E-state index in [1.165, 1.54) is 28.7 Å². The number of aryl methyl sites for hydroxylation is 3. The van der Waals surface area contributed by atoms with Gasteiger partial charge in [0, 0.05) is 6.04 Å². The lowest BCUT2D eigenvalue weighted by Gasteiger charge is -2.18. The number of hydrogen-bond acceptors (Lipinski definition) is 2. The first-order valence-corrected chi connectivity index (χ1v) is 7.84. The molecular formula is C19H26N2. The predicted octanol–water partition coefficient (Wildman–Crippen LogP) is 4.08. The van der Waals surface area contributed by atoms with Crippen molar-refractivity contribution in [3.63, 3.8) is 0 Å². The van der Waals surface area contributed by atoms with Crippen LogP contribution in [0.1, 0.15) is 48.1 Å². The minimum atomic E-state index is 0.210. The zero-order valence-electron chi connectivity index (χ0n) is 13.1. The van der Waals surface area contributed by atoms with Gasteiger partial charge in [-0.2, -0.15) is 0 Å². The summed E-state index contributed by atoms with van der Waals surface area (Å²) in [6, 6.07) is 17.6. The average Bonchev–Trinajstić information content (AvgIpc) is 2.50. The number of nitrogens with two attached hydrogens (primary N) is 1. The number of rotatable bonds is 7. The second-order valence-corrected chi connectivity index (χ2v) is 5.68. The third-order valence-electron chi connectivity index (χ3n) is 4.06. The van der Waals surface area contributed by atoms with Gasteiger partial charge >= 0.3 is 0 Å². The molecule has 1 atom stereocenters. The van der Waals surface area contributed by atoms with E-state index in [-0.39, 0.29) is 6.04 Å². The van der Waals surface area contributed by atoms with Crippen molar-refractivity contribution >= 4 is 0 Å². The van der Waals surface area contributed by atoms with Gasteiger partial charge in [-0.3, -0.25) is 11.3 Å². The van der Waals surface area contributed by atoms with Crippen LogP contribution in [-0.4, -0.2) is 0 Å². The molecule has 0 spiro atoms. The molecule has 1 unspecified atom stereocenters. The summed E-state index contributed by atoms with van der Waals surface area (Å²) in [6.07, 6.45) is 4.35. The van der Waals surface area contributed by atoms with Gasteiger partial charge in [-0.1, -0.05) is 61.9 Å². The maximum atomic E-state index is 5.78. The number of nitrogens with one attached hydrogen (secondary N) is 1. The van der Waals surface area contributed by atoms with Crippen LogP contribution in [0.4, 0.5) is 0 Å². The molecule has 0 aromatic heterocycles. The maximum absolute atomic E-state index is 5.78. The molecule has 112 valence electrons. The van der Waals surface area contributed by atoms with Crippen LogP contribution in [0.5, 0.6) is 0 Å². The lowest BCUT2D eigenvalue weighted by atomic mass is 9.95. The van der Waals surface area contributed by atoms with Gasteiger partial charge in [-0.25, -0.2) is 0 Å². The first-order valence-electron chi connectivity index (χ1n) is 7.84. The van der Waals surface area contributed by atoms with E-state index < -0.39 is 0 Å². The molecule has 0 aliphatic carbocycles. The van der Waals surface area contributed by atoms with Gasteiger partial charge < -0.3 is 0 Å². The summed E-state index contributed by atoms with van der Waals surface area (Å²) < 4.78 is 0. The van der Waals surface area contributed by atoms with Crippen LogP contribution in [0, 0.1) is 6.92 Å². The fraction of sp³-hybridized carbons (Fsp3) is 0.368. The molecule has 0 fully saturated rings. The number of hydrogen-bond donors (Lipinski definition) is 2. The van der Waals surface area contributed by atoms with Crippen LogP contribution in [0.2, 0.25) is 0 Å². The number of hydrazine groups is 1. The van der Waals surface area contributed by atoms with Crippen LogP contribution >= 0.6 is 0 Å². The highest BCUT2D eigenvalue weighted by molar-refractivity contribution is 5.28. The second kappa shape index (κ2) is 7.96. The molecule has 2 aromatic carbocycles. The zero-order valence-corrected chi connectivity index (χ0v) is 13.1. The van der Waals surface area contributed by atoms with Gasteiger partial charge in [0.15, 0.2) is 0 Å². The third kappa shape index (κ3) is 4.42. The van der Waals surface area contributed by atoms with Crippen molar-refractivity contribution in [3.05, 3.63) is 70.8 Å². The third-order valence-corrected chi connectivity index (χ3v) is 4.06. The quantitative estimate of drug-likeness (QED) is 0.593. The lowest BCUT2D eigenvalue weighted by Crippen LogP contribution is -2.28. The minimum Gasteiger partial charge on any atom is -0.271 e. The summed E-state index contributed by atoms with van der Waals surface area (Å²) in [5, 5.41) is 0. The highest BCUT2D eigenvalue weighted by Gasteiger charge is 2.11. The Hall–Kier alpha value is -1.64. The van der Waals surface area contributed by atoms with Gasteiger partial charge in [-0.15, -0.1) is 0 Å². The fourth-order valence-electron chi connectivity index (χ4n) is 2.79. The van der Waals surface area contributed by atoms with E-state index in [0.717, 1.165) is 19.3 Å². The zero-order chi connectivity index (χ0) is 15.1. The standard InChI is InChI=1S/C19H26N2/c1-3-7-16-9-6-11-18(14-16)19(21-20)13-12-17-10-5-4-8-15(17)2/h4-6,8-11,14,19,21H,3,7,12-13,20H2,1-2H3. The Morgan fingerprint density at radius 2 is 1.86 bits per heavy atom. The van der Waals surface area contributed by atoms with Gasteiger partial charge in [0.25, 0.3) is 0 Å². The molecule has 21 heavy (non-hydrogen) atoms. The average molecular weight is 282 g/mol. The van der Waals surface area contributed by atoms with Crippen molar-refractivity contribution in [2.45, 2.75) is 45.6 Å². The van der Waals surface area contributed by atoms with Crippen molar-refractivity contribution in [1.82, 2.24) is 5.43 Å². The minimum absolute atomic E-state index is 0.210. The summed E-state index contributed by atoms with van der Waals surface area (Å²) in [5.74, 6) is 5.78. The van der Waals surface area contributed by atoms with Crippen molar-refractivity contribution in [2.24, 2.45) is 5.84 Å². The van der Waals surface area contributed by atoms with Crippen LogP contribution in [0.3, 0.4) is 0 Å². The topological polar surface area (TPSA) is 38.0 Å². The van der Waals surface area contributed by atoms with Crippen LogP contribution < -0.4 is 11.3 Å². The Bertz CT molecular complexity index is 563. The normalized spacial score (nSPS) is 12.3. The van der Waals surface area contributed by atoms with Gasteiger partial charge in [0.05, 0.1) is 0 Å². The van der Waals surface area contributed by atoms with E-state index in [1.54, 1.807) is 0 Å². The summed E-state index contributed by atoms with van der Waals surface area (Å²) in [7, 11) is 0. The van der Waals surface area contributed by atoms with E-state index in [2.05, 4.69) is 67.8 Å². The van der Waals surface area contributed by atoms with E-state index in [4.69, 9.17) is 5.84 Å². The molecule has 3 N–H and O–H groups in total. The molecule has 0 aliphatic heterocycles. The molecule has 2 rings (SSSR count). The van der Waals surface area contributed by atoms with E-state index >= 15 is 0 Å². The Kier molecular flexibility index (Phi) is 5.97. The lowest BCUT2D eigenvalue weighted by molar-refractivity contribution is 0.515. The molecule has 0 bridgehead atoms. The van der Waals surface area contributed by atoms with Gasteiger partial charge in [0.2, 0.25) is 0 Å². The van der Waals surface area contributed by atoms with Crippen molar-refractivity contribution < 1.29 is 0 Å². The van der Waals surface area contributed by atoms with Crippen LogP contribution in [-0.2, 0) is 12.8 Å². The summed E-state index contributed by atoms with van der Waals surface area (Å²) >= 11 is 0. The van der Waals surface area contributed by atoms with Gasteiger partial charge in [-0.05, 0) is 48.4 Å². The maximum Gasteiger partial charge on any atom is 0.0463 e. The molecule has 0 radical (unpaired) electrons.